The zero-order valence-corrected chi connectivity index (χ0v) is 17.3. The summed E-state index contributed by atoms with van der Waals surface area (Å²) in [6.07, 6.45) is 3.21. The number of carbonyl (C=O) groups excluding carboxylic acids is 1. The third-order valence-corrected chi connectivity index (χ3v) is 6.26. The lowest BCUT2D eigenvalue weighted by atomic mass is 10.1. The molecule has 0 saturated carbocycles. The van der Waals surface area contributed by atoms with Gasteiger partial charge < -0.3 is 15.4 Å². The van der Waals surface area contributed by atoms with E-state index >= 15 is 0 Å². The van der Waals surface area contributed by atoms with Gasteiger partial charge >= 0.3 is 0 Å². The minimum atomic E-state index is -0.0379. The van der Waals surface area contributed by atoms with Crippen molar-refractivity contribution in [2.24, 2.45) is 0 Å². The van der Waals surface area contributed by atoms with Gasteiger partial charge in [-0.15, -0.1) is 11.3 Å². The molecule has 0 bridgehead atoms. The number of hydrogen-bond acceptors (Lipinski definition) is 7. The predicted molar refractivity (Wildman–Crippen MR) is 120 cm³/mol. The molecule has 0 spiro atoms. The molecule has 1 aliphatic rings. The van der Waals surface area contributed by atoms with Crippen molar-refractivity contribution >= 4 is 50.0 Å². The number of thiophene rings is 1. The normalized spacial score (nSPS) is 15.9. The number of amides is 1. The number of rotatable bonds is 3. The quantitative estimate of drug-likeness (QED) is 0.522. The molecule has 1 aliphatic heterocycles. The lowest BCUT2D eigenvalue weighted by Gasteiger charge is -2.11. The lowest BCUT2D eigenvalue weighted by molar-refractivity contribution is 0.0949. The highest BCUT2D eigenvalue weighted by molar-refractivity contribution is 7.21. The predicted octanol–water partition coefficient (Wildman–Crippen LogP) is 4.10. The molecule has 1 aromatic carbocycles. The highest BCUT2D eigenvalue weighted by atomic mass is 32.1. The fraction of sp³-hybridized carbons (Fsp3) is 0.182. The number of fused-ring (bicyclic) bond motifs is 5. The van der Waals surface area contributed by atoms with E-state index in [0.29, 0.717) is 34.4 Å². The van der Waals surface area contributed by atoms with Crippen LogP contribution in [0.25, 0.3) is 38.5 Å². The number of hydrogen-bond donors (Lipinski definition) is 2. The summed E-state index contributed by atoms with van der Waals surface area (Å²) >= 11 is 1.50. The van der Waals surface area contributed by atoms with E-state index in [1.807, 2.05) is 31.2 Å². The van der Waals surface area contributed by atoms with E-state index in [4.69, 9.17) is 9.72 Å². The Bertz CT molecular complexity index is 1330. The van der Waals surface area contributed by atoms with E-state index in [9.17, 15) is 4.79 Å². The number of methoxy groups -OCH3 is 1. The summed E-state index contributed by atoms with van der Waals surface area (Å²) in [6.45, 7) is 6.40. The Morgan fingerprint density at radius 1 is 1.27 bits per heavy atom. The summed E-state index contributed by atoms with van der Waals surface area (Å²) in [7, 11) is 1.58. The van der Waals surface area contributed by atoms with Gasteiger partial charge in [0.15, 0.2) is 11.6 Å². The van der Waals surface area contributed by atoms with E-state index in [2.05, 4.69) is 27.2 Å². The van der Waals surface area contributed by atoms with Crippen molar-refractivity contribution in [3.8, 4) is 17.1 Å². The number of benzene rings is 1. The first-order valence-corrected chi connectivity index (χ1v) is 10.4. The SMILES string of the molecule is C=Cc1ncc(OC)c(-c2ccc3c(ccc4sc5c(c43)NC[C@@H](C)NC5=O)n2)n1. The van der Waals surface area contributed by atoms with Gasteiger partial charge in [-0.2, -0.15) is 0 Å². The van der Waals surface area contributed by atoms with Crippen LogP contribution in [0.3, 0.4) is 0 Å². The maximum Gasteiger partial charge on any atom is 0.263 e. The topological polar surface area (TPSA) is 89.0 Å². The Labute approximate surface area is 176 Å². The van der Waals surface area contributed by atoms with Crippen LogP contribution in [0.4, 0.5) is 5.69 Å². The van der Waals surface area contributed by atoms with E-state index < -0.39 is 0 Å². The molecule has 0 fully saturated rings. The molecule has 0 aliphatic carbocycles. The van der Waals surface area contributed by atoms with Gasteiger partial charge in [0.05, 0.1) is 30.2 Å². The van der Waals surface area contributed by atoms with Crippen molar-refractivity contribution in [3.05, 3.63) is 47.7 Å². The molecule has 8 heteroatoms. The second-order valence-corrected chi connectivity index (χ2v) is 8.16. The van der Waals surface area contributed by atoms with Crippen molar-refractivity contribution in [2.75, 3.05) is 19.0 Å². The van der Waals surface area contributed by atoms with Gasteiger partial charge in [0.1, 0.15) is 10.6 Å². The standard InChI is InChI=1S/C22H19N5O2S/c1-4-17-23-10-15(29-3)19(27-17)14-6-5-12-13(26-14)7-8-16-18(12)20-21(30-16)22(28)25-11(2)9-24-20/h4-8,10-11,24H,1,9H2,2-3H3,(H,25,28)/t11-/m1/s1. The minimum Gasteiger partial charge on any atom is -0.493 e. The molecule has 7 nitrogen and oxygen atoms in total. The summed E-state index contributed by atoms with van der Waals surface area (Å²) < 4.78 is 6.48. The number of carbonyl (C=O) groups is 1. The van der Waals surface area contributed by atoms with Crippen molar-refractivity contribution in [3.63, 3.8) is 0 Å². The van der Waals surface area contributed by atoms with Crippen molar-refractivity contribution in [1.29, 1.82) is 0 Å². The first-order valence-electron chi connectivity index (χ1n) is 9.54. The maximum atomic E-state index is 12.6. The van der Waals surface area contributed by atoms with Gasteiger partial charge in [0.25, 0.3) is 5.91 Å². The van der Waals surface area contributed by atoms with Crippen LogP contribution in [0.2, 0.25) is 0 Å². The molecule has 0 radical (unpaired) electrons. The molecular formula is C22H19N5O2S. The Morgan fingerprint density at radius 2 is 2.13 bits per heavy atom. The van der Waals surface area contributed by atoms with Gasteiger partial charge in [-0.25, -0.2) is 15.0 Å². The first kappa shape index (κ1) is 18.5. The molecule has 4 aromatic rings. The molecule has 4 heterocycles. The van der Waals surface area contributed by atoms with Gasteiger partial charge in [-0.05, 0) is 37.3 Å². The second kappa shape index (κ2) is 7.07. The molecule has 0 unspecified atom stereocenters. The van der Waals surface area contributed by atoms with Crippen molar-refractivity contribution in [2.45, 2.75) is 13.0 Å². The molecule has 5 rings (SSSR count). The van der Waals surface area contributed by atoms with Crippen molar-refractivity contribution < 1.29 is 9.53 Å². The Balaban J connectivity index is 1.72. The summed E-state index contributed by atoms with van der Waals surface area (Å²) in [6, 6.07) is 7.99. The first-order chi connectivity index (χ1) is 14.6. The molecule has 0 saturated heterocycles. The van der Waals surface area contributed by atoms with Crippen LogP contribution >= 0.6 is 11.3 Å². The average molecular weight is 417 g/mol. The van der Waals surface area contributed by atoms with Crippen LogP contribution in [0.15, 0.2) is 37.0 Å². The number of aromatic nitrogens is 3. The van der Waals surface area contributed by atoms with Crippen LogP contribution < -0.4 is 15.4 Å². The molecule has 2 N–H and O–H groups in total. The Hall–Kier alpha value is -3.52. The third-order valence-electron chi connectivity index (χ3n) is 5.11. The lowest BCUT2D eigenvalue weighted by Crippen LogP contribution is -2.34. The average Bonchev–Trinajstić information content (AvgIpc) is 3.09. The molecular weight excluding hydrogens is 398 g/mol. The van der Waals surface area contributed by atoms with Crippen LogP contribution in [-0.4, -0.2) is 40.6 Å². The molecule has 30 heavy (non-hydrogen) atoms. The van der Waals surface area contributed by atoms with Crippen molar-refractivity contribution in [1.82, 2.24) is 20.3 Å². The molecule has 1 atom stereocenters. The second-order valence-electron chi connectivity index (χ2n) is 7.11. The maximum absolute atomic E-state index is 12.6. The zero-order chi connectivity index (χ0) is 20.8. The van der Waals surface area contributed by atoms with Gasteiger partial charge in [-0.3, -0.25) is 4.79 Å². The number of nitrogens with zero attached hydrogens (tertiary/aromatic N) is 3. The number of anilines is 1. The fourth-order valence-electron chi connectivity index (χ4n) is 3.67. The Morgan fingerprint density at radius 3 is 2.93 bits per heavy atom. The van der Waals surface area contributed by atoms with E-state index in [-0.39, 0.29) is 11.9 Å². The largest absolute Gasteiger partial charge is 0.493 e. The molecule has 150 valence electrons. The summed E-state index contributed by atoms with van der Waals surface area (Å²) in [5, 5.41) is 8.48. The van der Waals surface area contributed by atoms with E-state index in [1.54, 1.807) is 19.4 Å². The van der Waals surface area contributed by atoms with Crippen LogP contribution in [0.5, 0.6) is 5.75 Å². The minimum absolute atomic E-state index is 0.0379. The van der Waals surface area contributed by atoms with Gasteiger partial charge in [-0.1, -0.05) is 6.58 Å². The molecule has 1 amide bonds. The van der Waals surface area contributed by atoms with Crippen LogP contribution in [-0.2, 0) is 0 Å². The summed E-state index contributed by atoms with van der Waals surface area (Å²) in [4.78, 5) is 26.9. The monoisotopic (exact) mass is 417 g/mol. The van der Waals surface area contributed by atoms with Crippen LogP contribution in [0, 0.1) is 0 Å². The van der Waals surface area contributed by atoms with E-state index in [0.717, 1.165) is 26.7 Å². The number of nitrogens with one attached hydrogen (secondary N) is 2. The smallest absolute Gasteiger partial charge is 0.263 e. The number of pyridine rings is 1. The zero-order valence-electron chi connectivity index (χ0n) is 16.5. The van der Waals surface area contributed by atoms with Crippen LogP contribution in [0.1, 0.15) is 22.4 Å². The van der Waals surface area contributed by atoms with E-state index in [1.165, 1.54) is 11.3 Å². The third kappa shape index (κ3) is 2.88. The van der Waals surface area contributed by atoms with Gasteiger partial charge in [0.2, 0.25) is 0 Å². The highest BCUT2D eigenvalue weighted by Gasteiger charge is 2.25. The summed E-state index contributed by atoms with van der Waals surface area (Å²) in [5.74, 6) is 1.02. The number of ether oxygens (including phenoxy) is 1. The summed E-state index contributed by atoms with van der Waals surface area (Å²) in [5.41, 5.74) is 3.00. The molecule has 3 aromatic heterocycles. The van der Waals surface area contributed by atoms with Gasteiger partial charge in [0, 0.05) is 28.1 Å². The fourth-order valence-corrected chi connectivity index (χ4v) is 4.77. The highest BCUT2D eigenvalue weighted by Crippen LogP contribution is 2.41. The Kier molecular flexibility index (Phi) is 4.36.